The molecule has 0 aliphatic heterocycles. The lowest BCUT2D eigenvalue weighted by Crippen LogP contribution is -2.21. The second-order valence-electron chi connectivity index (χ2n) is 3.27. The normalized spacial score (nSPS) is 11.0. The molecule has 2 nitrogen and oxygen atoms in total. The van der Waals surface area contributed by atoms with Gasteiger partial charge in [0.25, 0.3) is 0 Å². The zero-order valence-electron chi connectivity index (χ0n) is 8.42. The third kappa shape index (κ3) is 1.96. The van der Waals surface area contributed by atoms with Crippen LogP contribution in [0, 0.1) is 11.3 Å². The van der Waals surface area contributed by atoms with Crippen molar-refractivity contribution >= 4 is 15.9 Å². The summed E-state index contributed by atoms with van der Waals surface area (Å²) in [6.45, 7) is 4.07. The molecule has 1 aromatic heterocycles. The molecule has 0 aliphatic carbocycles. The molecule has 0 bridgehead atoms. The molecule has 0 saturated carbocycles. The molecule has 0 fully saturated rings. The van der Waals surface area contributed by atoms with Crippen molar-refractivity contribution in [2.24, 2.45) is 0 Å². The fourth-order valence-corrected chi connectivity index (χ4v) is 1.77. The van der Waals surface area contributed by atoms with E-state index in [1.165, 1.54) is 0 Å². The smallest absolute Gasteiger partial charge is 0.106 e. The van der Waals surface area contributed by atoms with E-state index in [1.54, 1.807) is 6.20 Å². The largest absolute Gasteiger partial charge is 0.249 e. The van der Waals surface area contributed by atoms with E-state index >= 15 is 0 Å². The van der Waals surface area contributed by atoms with Crippen LogP contribution in [0.2, 0.25) is 0 Å². The van der Waals surface area contributed by atoms with Crippen molar-refractivity contribution < 1.29 is 0 Å². The molecule has 1 heterocycles. The summed E-state index contributed by atoms with van der Waals surface area (Å²) in [4.78, 5) is 4.15. The second-order valence-corrected chi connectivity index (χ2v) is 4.08. The molecular formula is C11H13BrN2. The van der Waals surface area contributed by atoms with Gasteiger partial charge in [0.15, 0.2) is 0 Å². The second kappa shape index (κ2) is 4.56. The summed E-state index contributed by atoms with van der Waals surface area (Å²) in [7, 11) is 0. The van der Waals surface area contributed by atoms with Crippen molar-refractivity contribution in [1.29, 1.82) is 5.26 Å². The van der Waals surface area contributed by atoms with Crippen molar-refractivity contribution in [1.82, 2.24) is 4.98 Å². The summed E-state index contributed by atoms with van der Waals surface area (Å²) in [5.74, 6) is 0. The van der Waals surface area contributed by atoms with Crippen LogP contribution >= 0.6 is 15.9 Å². The quantitative estimate of drug-likeness (QED) is 0.774. The van der Waals surface area contributed by atoms with Crippen LogP contribution in [0.5, 0.6) is 0 Å². The molecule has 0 N–H and O–H groups in total. The zero-order chi connectivity index (χ0) is 10.6. The first-order chi connectivity index (χ1) is 6.68. The molecule has 0 spiro atoms. The lowest BCUT2D eigenvalue weighted by atomic mass is 9.78. The minimum Gasteiger partial charge on any atom is -0.249 e. The Bertz CT molecular complexity index is 333. The Labute approximate surface area is 93.1 Å². The number of nitrogens with zero attached hydrogens (tertiary/aromatic N) is 2. The summed E-state index contributed by atoms with van der Waals surface area (Å²) in [6, 6.07) is 6.24. The average molecular weight is 253 g/mol. The molecule has 0 radical (unpaired) electrons. The van der Waals surface area contributed by atoms with Gasteiger partial charge in [-0.3, -0.25) is 0 Å². The van der Waals surface area contributed by atoms with Gasteiger partial charge in [0, 0.05) is 6.20 Å². The molecular weight excluding hydrogens is 240 g/mol. The lowest BCUT2D eigenvalue weighted by molar-refractivity contribution is 0.509. The van der Waals surface area contributed by atoms with E-state index in [9.17, 15) is 5.26 Å². The predicted octanol–water partition coefficient (Wildman–Crippen LogP) is 3.43. The Balaban J connectivity index is 3.13. The van der Waals surface area contributed by atoms with Gasteiger partial charge in [-0.15, -0.1) is 0 Å². The highest BCUT2D eigenvalue weighted by molar-refractivity contribution is 9.10. The Kier molecular flexibility index (Phi) is 3.65. The fraction of sp³-hybridized carbons (Fsp3) is 0.455. The lowest BCUT2D eigenvalue weighted by Gasteiger charge is -2.23. The maximum absolute atomic E-state index is 9.21. The molecule has 0 atom stereocenters. The summed E-state index contributed by atoms with van der Waals surface area (Å²) >= 11 is 3.28. The number of hydrogen-bond acceptors (Lipinski definition) is 2. The first kappa shape index (κ1) is 11.2. The van der Waals surface area contributed by atoms with Crippen molar-refractivity contribution in [3.8, 4) is 6.07 Å². The number of halogens is 1. The third-order valence-corrected chi connectivity index (χ3v) is 3.17. The van der Waals surface area contributed by atoms with E-state index in [-0.39, 0.29) is 5.41 Å². The van der Waals surface area contributed by atoms with Crippen LogP contribution in [0.1, 0.15) is 32.3 Å². The standard InChI is InChI=1S/C11H13BrN2/c1-3-11(4-2,8-13)9-5-6-10(12)14-7-9/h5-7H,3-4H2,1-2H3. The molecule has 0 aromatic carbocycles. The molecule has 0 amide bonds. The topological polar surface area (TPSA) is 36.7 Å². The third-order valence-electron chi connectivity index (χ3n) is 2.70. The molecule has 14 heavy (non-hydrogen) atoms. The zero-order valence-corrected chi connectivity index (χ0v) is 10.0. The fourth-order valence-electron chi connectivity index (χ4n) is 1.54. The van der Waals surface area contributed by atoms with Crippen LogP contribution in [-0.2, 0) is 5.41 Å². The van der Waals surface area contributed by atoms with Crippen molar-refractivity contribution in [2.75, 3.05) is 0 Å². The van der Waals surface area contributed by atoms with Gasteiger partial charge in [0.1, 0.15) is 4.60 Å². The summed E-state index contributed by atoms with van der Waals surface area (Å²) in [5, 5.41) is 9.21. The van der Waals surface area contributed by atoms with Gasteiger partial charge in [-0.2, -0.15) is 5.26 Å². The van der Waals surface area contributed by atoms with Gasteiger partial charge in [-0.25, -0.2) is 4.98 Å². The maximum atomic E-state index is 9.21. The van der Waals surface area contributed by atoms with Crippen molar-refractivity contribution in [3.05, 3.63) is 28.5 Å². The number of pyridine rings is 1. The summed E-state index contributed by atoms with van der Waals surface area (Å²) in [6.07, 6.45) is 3.42. The molecule has 74 valence electrons. The Morgan fingerprint density at radius 1 is 1.43 bits per heavy atom. The summed E-state index contributed by atoms with van der Waals surface area (Å²) < 4.78 is 0.806. The van der Waals surface area contributed by atoms with E-state index < -0.39 is 0 Å². The number of hydrogen-bond donors (Lipinski definition) is 0. The molecule has 0 saturated heterocycles. The maximum Gasteiger partial charge on any atom is 0.106 e. The molecule has 0 aliphatic rings. The van der Waals surface area contributed by atoms with Gasteiger partial charge in [-0.1, -0.05) is 19.9 Å². The molecule has 3 heteroatoms. The molecule has 1 aromatic rings. The van der Waals surface area contributed by atoms with Crippen LogP contribution in [-0.4, -0.2) is 4.98 Å². The number of aromatic nitrogens is 1. The highest BCUT2D eigenvalue weighted by Gasteiger charge is 2.28. The van der Waals surface area contributed by atoms with Gasteiger partial charge in [-0.05, 0) is 40.4 Å². The van der Waals surface area contributed by atoms with Gasteiger partial charge in [0.05, 0.1) is 11.5 Å². The van der Waals surface area contributed by atoms with Crippen LogP contribution in [0.15, 0.2) is 22.9 Å². The van der Waals surface area contributed by atoms with Crippen molar-refractivity contribution in [3.63, 3.8) is 0 Å². The Morgan fingerprint density at radius 3 is 2.43 bits per heavy atom. The van der Waals surface area contributed by atoms with E-state index in [1.807, 2.05) is 26.0 Å². The van der Waals surface area contributed by atoms with Crippen LogP contribution < -0.4 is 0 Å². The van der Waals surface area contributed by atoms with E-state index in [4.69, 9.17) is 0 Å². The monoisotopic (exact) mass is 252 g/mol. The SMILES string of the molecule is CCC(C#N)(CC)c1ccc(Br)nc1. The average Bonchev–Trinajstić information content (AvgIpc) is 2.24. The predicted molar refractivity (Wildman–Crippen MR) is 59.8 cm³/mol. The van der Waals surface area contributed by atoms with Gasteiger partial charge >= 0.3 is 0 Å². The van der Waals surface area contributed by atoms with Crippen LogP contribution in [0.3, 0.4) is 0 Å². The van der Waals surface area contributed by atoms with E-state index in [2.05, 4.69) is 27.0 Å². The number of nitriles is 1. The van der Waals surface area contributed by atoms with Gasteiger partial charge < -0.3 is 0 Å². The van der Waals surface area contributed by atoms with E-state index in [0.717, 1.165) is 23.0 Å². The Hall–Kier alpha value is -0.880. The first-order valence-electron chi connectivity index (χ1n) is 4.72. The molecule has 0 unspecified atom stereocenters. The number of rotatable bonds is 3. The first-order valence-corrected chi connectivity index (χ1v) is 5.51. The highest BCUT2D eigenvalue weighted by atomic mass is 79.9. The molecule has 1 rings (SSSR count). The van der Waals surface area contributed by atoms with Crippen LogP contribution in [0.25, 0.3) is 0 Å². The highest BCUT2D eigenvalue weighted by Crippen LogP contribution is 2.30. The van der Waals surface area contributed by atoms with E-state index in [0.29, 0.717) is 0 Å². The van der Waals surface area contributed by atoms with Crippen molar-refractivity contribution in [2.45, 2.75) is 32.1 Å². The minimum absolute atomic E-state index is 0.367. The Morgan fingerprint density at radius 2 is 2.07 bits per heavy atom. The van der Waals surface area contributed by atoms with Gasteiger partial charge in [0.2, 0.25) is 0 Å². The minimum atomic E-state index is -0.367. The summed E-state index contributed by atoms with van der Waals surface area (Å²) in [5.41, 5.74) is 0.640. The van der Waals surface area contributed by atoms with Crippen LogP contribution in [0.4, 0.5) is 0 Å².